The number of halogens is 1. The van der Waals surface area contributed by atoms with E-state index in [2.05, 4.69) is 0 Å². The third-order valence-corrected chi connectivity index (χ3v) is 3.34. The van der Waals surface area contributed by atoms with Crippen LogP contribution in [0, 0.1) is 11.7 Å². The van der Waals surface area contributed by atoms with Gasteiger partial charge in [0.25, 0.3) is 5.91 Å². The van der Waals surface area contributed by atoms with Crippen molar-refractivity contribution >= 4 is 11.9 Å². The SMILES string of the molecule is CC(Cc1cccc(F)c1)C(=O)OCC(=O)N(C)C(C)C. The Bertz CT molecular complexity index is 502. The molecule has 0 heterocycles. The van der Waals surface area contributed by atoms with Gasteiger partial charge >= 0.3 is 5.97 Å². The van der Waals surface area contributed by atoms with E-state index in [1.165, 1.54) is 17.0 Å². The molecule has 0 spiro atoms. The number of ether oxygens (including phenoxy) is 1. The first-order chi connectivity index (χ1) is 9.81. The molecular weight excluding hydrogens is 273 g/mol. The van der Waals surface area contributed by atoms with Crippen LogP contribution in [0.2, 0.25) is 0 Å². The molecule has 1 aromatic carbocycles. The smallest absolute Gasteiger partial charge is 0.309 e. The lowest BCUT2D eigenvalue weighted by atomic mass is 10.0. The van der Waals surface area contributed by atoms with E-state index in [0.717, 1.165) is 5.56 Å². The minimum absolute atomic E-state index is 0.0564. The molecule has 0 radical (unpaired) electrons. The van der Waals surface area contributed by atoms with E-state index in [1.54, 1.807) is 26.1 Å². The molecule has 1 unspecified atom stereocenters. The highest BCUT2D eigenvalue weighted by molar-refractivity contribution is 5.81. The number of hydrogen-bond acceptors (Lipinski definition) is 3. The Morgan fingerprint density at radius 1 is 1.29 bits per heavy atom. The molecule has 0 saturated carbocycles. The number of esters is 1. The van der Waals surface area contributed by atoms with Crippen molar-refractivity contribution in [2.45, 2.75) is 33.2 Å². The van der Waals surface area contributed by atoms with E-state index >= 15 is 0 Å². The number of benzene rings is 1. The second-order valence-corrected chi connectivity index (χ2v) is 5.44. The molecule has 0 aliphatic heterocycles. The Morgan fingerprint density at radius 3 is 2.52 bits per heavy atom. The highest BCUT2D eigenvalue weighted by atomic mass is 19.1. The van der Waals surface area contributed by atoms with Crippen LogP contribution < -0.4 is 0 Å². The predicted molar refractivity (Wildman–Crippen MR) is 78.1 cm³/mol. The van der Waals surface area contributed by atoms with Gasteiger partial charge < -0.3 is 9.64 Å². The third-order valence-electron chi connectivity index (χ3n) is 3.34. The topological polar surface area (TPSA) is 46.6 Å². The van der Waals surface area contributed by atoms with Crippen LogP contribution in [-0.4, -0.2) is 36.5 Å². The summed E-state index contributed by atoms with van der Waals surface area (Å²) in [7, 11) is 1.66. The summed E-state index contributed by atoms with van der Waals surface area (Å²) < 4.78 is 18.1. The molecule has 0 bridgehead atoms. The number of carbonyl (C=O) groups excluding carboxylic acids is 2. The molecule has 0 aliphatic rings. The molecule has 1 atom stereocenters. The summed E-state index contributed by atoms with van der Waals surface area (Å²) in [5.74, 6) is -1.45. The zero-order chi connectivity index (χ0) is 16.0. The van der Waals surface area contributed by atoms with E-state index in [1.807, 2.05) is 13.8 Å². The fourth-order valence-corrected chi connectivity index (χ4v) is 1.77. The molecule has 0 saturated heterocycles. The van der Waals surface area contributed by atoms with E-state index in [-0.39, 0.29) is 24.4 Å². The molecule has 116 valence electrons. The Labute approximate surface area is 124 Å². The van der Waals surface area contributed by atoms with E-state index in [0.29, 0.717) is 6.42 Å². The highest BCUT2D eigenvalue weighted by Gasteiger charge is 2.19. The van der Waals surface area contributed by atoms with E-state index < -0.39 is 11.9 Å². The molecule has 1 aromatic rings. The van der Waals surface area contributed by atoms with Gasteiger partial charge in [-0.15, -0.1) is 0 Å². The van der Waals surface area contributed by atoms with Gasteiger partial charge in [-0.3, -0.25) is 9.59 Å². The number of amides is 1. The van der Waals surface area contributed by atoms with E-state index in [4.69, 9.17) is 4.74 Å². The molecule has 5 heteroatoms. The fourth-order valence-electron chi connectivity index (χ4n) is 1.77. The van der Waals surface area contributed by atoms with Gasteiger partial charge in [0.15, 0.2) is 6.61 Å². The lowest BCUT2D eigenvalue weighted by molar-refractivity contribution is -0.155. The zero-order valence-corrected chi connectivity index (χ0v) is 12.9. The maximum absolute atomic E-state index is 13.1. The molecule has 0 aliphatic carbocycles. The Hall–Kier alpha value is -1.91. The van der Waals surface area contributed by atoms with Crippen LogP contribution in [-0.2, 0) is 20.7 Å². The van der Waals surface area contributed by atoms with Crippen molar-refractivity contribution in [3.05, 3.63) is 35.6 Å². The molecule has 0 fully saturated rings. The van der Waals surface area contributed by atoms with Gasteiger partial charge in [-0.1, -0.05) is 19.1 Å². The van der Waals surface area contributed by atoms with Crippen molar-refractivity contribution in [2.24, 2.45) is 5.92 Å². The van der Waals surface area contributed by atoms with Crippen LogP contribution in [0.5, 0.6) is 0 Å². The average molecular weight is 295 g/mol. The molecule has 0 aromatic heterocycles. The van der Waals surface area contributed by atoms with Crippen LogP contribution in [0.1, 0.15) is 26.3 Å². The van der Waals surface area contributed by atoms with Gasteiger partial charge in [0, 0.05) is 13.1 Å². The van der Waals surface area contributed by atoms with Crippen molar-refractivity contribution in [1.82, 2.24) is 4.90 Å². The van der Waals surface area contributed by atoms with Crippen molar-refractivity contribution in [1.29, 1.82) is 0 Å². The first-order valence-electron chi connectivity index (χ1n) is 6.98. The number of nitrogens with zero attached hydrogens (tertiary/aromatic N) is 1. The summed E-state index contributed by atoms with van der Waals surface area (Å²) in [5, 5.41) is 0. The number of rotatable bonds is 6. The predicted octanol–water partition coefficient (Wildman–Crippen LogP) is 2.41. The second kappa shape index (κ2) is 7.76. The maximum atomic E-state index is 13.1. The lowest BCUT2D eigenvalue weighted by Crippen LogP contribution is -2.36. The first kappa shape index (κ1) is 17.1. The quantitative estimate of drug-likeness (QED) is 0.757. The average Bonchev–Trinajstić information content (AvgIpc) is 2.43. The number of hydrogen-bond donors (Lipinski definition) is 0. The minimum Gasteiger partial charge on any atom is -0.455 e. The summed E-state index contributed by atoms with van der Waals surface area (Å²) in [5.41, 5.74) is 0.727. The monoisotopic (exact) mass is 295 g/mol. The summed E-state index contributed by atoms with van der Waals surface area (Å²) in [6, 6.07) is 6.16. The second-order valence-electron chi connectivity index (χ2n) is 5.44. The van der Waals surface area contributed by atoms with Crippen LogP contribution in [0.25, 0.3) is 0 Å². The van der Waals surface area contributed by atoms with Gasteiger partial charge in [-0.05, 0) is 38.0 Å². The Balaban J connectivity index is 2.46. The number of carbonyl (C=O) groups is 2. The van der Waals surface area contributed by atoms with Crippen LogP contribution in [0.4, 0.5) is 4.39 Å². The summed E-state index contributed by atoms with van der Waals surface area (Å²) >= 11 is 0. The Kier molecular flexibility index (Phi) is 6.34. The molecular formula is C16H22FNO3. The largest absolute Gasteiger partial charge is 0.455 e. The van der Waals surface area contributed by atoms with Crippen LogP contribution in [0.3, 0.4) is 0 Å². The molecule has 0 N–H and O–H groups in total. The number of likely N-dealkylation sites (N-methyl/N-ethyl adjacent to an activating group) is 1. The van der Waals surface area contributed by atoms with Gasteiger partial charge in [0.2, 0.25) is 0 Å². The van der Waals surface area contributed by atoms with Crippen LogP contribution >= 0.6 is 0 Å². The highest BCUT2D eigenvalue weighted by Crippen LogP contribution is 2.11. The minimum atomic E-state index is -0.454. The maximum Gasteiger partial charge on any atom is 0.309 e. The summed E-state index contributed by atoms with van der Waals surface area (Å²) in [6.45, 7) is 5.20. The molecule has 1 rings (SSSR count). The van der Waals surface area contributed by atoms with Crippen molar-refractivity contribution in [2.75, 3.05) is 13.7 Å². The normalized spacial score (nSPS) is 12.1. The molecule has 4 nitrogen and oxygen atoms in total. The van der Waals surface area contributed by atoms with Crippen LogP contribution in [0.15, 0.2) is 24.3 Å². The van der Waals surface area contributed by atoms with Gasteiger partial charge in [0.05, 0.1) is 5.92 Å². The van der Waals surface area contributed by atoms with Crippen molar-refractivity contribution < 1.29 is 18.7 Å². The summed E-state index contributed by atoms with van der Waals surface area (Å²) in [6.07, 6.45) is 0.380. The van der Waals surface area contributed by atoms with Gasteiger partial charge in [-0.2, -0.15) is 0 Å². The van der Waals surface area contributed by atoms with E-state index in [9.17, 15) is 14.0 Å². The fraction of sp³-hybridized carbons (Fsp3) is 0.500. The molecule has 1 amide bonds. The Morgan fingerprint density at radius 2 is 1.95 bits per heavy atom. The van der Waals surface area contributed by atoms with Crippen molar-refractivity contribution in [3.8, 4) is 0 Å². The van der Waals surface area contributed by atoms with Crippen molar-refractivity contribution in [3.63, 3.8) is 0 Å². The third kappa shape index (κ3) is 5.53. The molecule has 21 heavy (non-hydrogen) atoms. The standard InChI is InChI=1S/C16H22FNO3/c1-11(2)18(4)15(19)10-21-16(20)12(3)8-13-6-5-7-14(17)9-13/h5-7,9,11-12H,8,10H2,1-4H3. The van der Waals surface area contributed by atoms with Gasteiger partial charge in [-0.25, -0.2) is 4.39 Å². The summed E-state index contributed by atoms with van der Waals surface area (Å²) in [4.78, 5) is 25.1. The first-order valence-corrected chi connectivity index (χ1v) is 6.98. The zero-order valence-electron chi connectivity index (χ0n) is 12.9. The van der Waals surface area contributed by atoms with Gasteiger partial charge in [0.1, 0.15) is 5.82 Å². The lowest BCUT2D eigenvalue weighted by Gasteiger charge is -2.21.